The number of nitrogens with two attached hydrogens (primary N) is 1. The number of rotatable bonds is 11. The van der Waals surface area contributed by atoms with Crippen LogP contribution in [0.15, 0.2) is 6.20 Å². The van der Waals surface area contributed by atoms with Gasteiger partial charge in [0.05, 0.1) is 6.20 Å². The summed E-state index contributed by atoms with van der Waals surface area (Å²) in [6.45, 7) is 7.83. The Morgan fingerprint density at radius 3 is 2.15 bits per heavy atom. The fourth-order valence-electron chi connectivity index (χ4n) is 2.87. The minimum atomic E-state index is -1.30. The molecule has 26 heavy (non-hydrogen) atoms. The molecular weight excluding hydrogens is 334 g/mol. The minimum Gasteiger partial charge on any atom is -0.478 e. The van der Waals surface area contributed by atoms with Crippen molar-refractivity contribution in [3.63, 3.8) is 0 Å². The van der Waals surface area contributed by atoms with E-state index in [0.29, 0.717) is 0 Å². The number of unbranched alkanes of at least 4 members (excludes halogenated alkanes) is 3. The zero-order chi connectivity index (χ0) is 20.1. The van der Waals surface area contributed by atoms with Crippen LogP contribution in [0.25, 0.3) is 0 Å². The van der Waals surface area contributed by atoms with Crippen LogP contribution in [0.4, 0.5) is 0 Å². The van der Waals surface area contributed by atoms with Crippen LogP contribution in [-0.2, 0) is 7.05 Å². The number of aromatic carboxylic acids is 2. The molecule has 0 saturated carbocycles. The highest BCUT2D eigenvalue weighted by Gasteiger charge is 2.20. The predicted molar refractivity (Wildman–Crippen MR) is 103 cm³/mol. The van der Waals surface area contributed by atoms with Crippen LogP contribution in [-0.4, -0.2) is 38.5 Å². The van der Waals surface area contributed by atoms with Crippen LogP contribution in [0.5, 0.6) is 0 Å². The van der Waals surface area contributed by atoms with Gasteiger partial charge in [0.15, 0.2) is 5.69 Å². The monoisotopic (exact) mass is 369 g/mol. The Labute approximate surface area is 156 Å². The highest BCUT2D eigenvalue weighted by molar-refractivity contribution is 6.00. The Bertz CT molecular complexity index is 541. The third-order valence-corrected chi connectivity index (χ3v) is 4.52. The fraction of sp³-hybridized carbons (Fsp3) is 0.737. The molecule has 0 saturated heterocycles. The maximum absolute atomic E-state index is 10.5. The summed E-state index contributed by atoms with van der Waals surface area (Å²) < 4.78 is 1.01. The van der Waals surface area contributed by atoms with Gasteiger partial charge in [-0.2, -0.15) is 5.10 Å². The maximum Gasteiger partial charge on any atom is 0.355 e. The zero-order valence-corrected chi connectivity index (χ0v) is 16.6. The van der Waals surface area contributed by atoms with Gasteiger partial charge in [-0.1, -0.05) is 52.9 Å². The van der Waals surface area contributed by atoms with E-state index in [4.69, 9.17) is 15.9 Å². The first kappa shape index (κ1) is 24.1. The van der Waals surface area contributed by atoms with E-state index in [1.807, 2.05) is 0 Å². The second kappa shape index (κ2) is 13.3. The highest BCUT2D eigenvalue weighted by Crippen LogP contribution is 2.23. The second-order valence-electron chi connectivity index (χ2n) is 6.93. The van der Waals surface area contributed by atoms with Crippen LogP contribution in [0.2, 0.25) is 0 Å². The standard InChI is InChI=1S/C13H29N.C6H6N2O4/c1-4-5-6-7-9-13(12(2)3)10-8-11-14;1-8-4(6(11)12)3(2-7-8)5(9)10/h12-13H,4-11,14H2,1-3H3;2H,1H3,(H,9,10)(H,11,12). The Hall–Kier alpha value is -1.89. The first-order chi connectivity index (χ1) is 12.3. The van der Waals surface area contributed by atoms with Crippen molar-refractivity contribution in [2.75, 3.05) is 6.54 Å². The minimum absolute atomic E-state index is 0.301. The molecule has 4 N–H and O–H groups in total. The Balaban J connectivity index is 0.000000485. The van der Waals surface area contributed by atoms with E-state index in [-0.39, 0.29) is 11.3 Å². The lowest BCUT2D eigenvalue weighted by molar-refractivity contribution is 0.0644. The van der Waals surface area contributed by atoms with Crippen LogP contribution in [0, 0.1) is 11.8 Å². The molecule has 1 heterocycles. The van der Waals surface area contributed by atoms with Gasteiger partial charge in [-0.25, -0.2) is 9.59 Å². The van der Waals surface area contributed by atoms with E-state index in [0.717, 1.165) is 29.3 Å². The van der Waals surface area contributed by atoms with Gasteiger partial charge in [0, 0.05) is 7.05 Å². The summed E-state index contributed by atoms with van der Waals surface area (Å²) in [5.74, 6) is -0.841. The van der Waals surface area contributed by atoms with Crippen LogP contribution in [0.3, 0.4) is 0 Å². The fourth-order valence-corrected chi connectivity index (χ4v) is 2.87. The molecule has 0 radical (unpaired) electrons. The first-order valence-electron chi connectivity index (χ1n) is 9.44. The van der Waals surface area contributed by atoms with Gasteiger partial charge in [0.2, 0.25) is 0 Å². The highest BCUT2D eigenvalue weighted by atomic mass is 16.4. The summed E-state index contributed by atoms with van der Waals surface area (Å²) >= 11 is 0. The molecule has 1 rings (SSSR count). The van der Waals surface area contributed by atoms with Crippen molar-refractivity contribution in [2.45, 2.75) is 65.7 Å². The Kier molecular flexibility index (Phi) is 12.4. The third kappa shape index (κ3) is 8.99. The molecule has 0 aromatic carbocycles. The number of nitrogens with zero attached hydrogens (tertiary/aromatic N) is 2. The van der Waals surface area contributed by atoms with Crippen LogP contribution < -0.4 is 5.73 Å². The van der Waals surface area contributed by atoms with Crippen molar-refractivity contribution < 1.29 is 19.8 Å². The van der Waals surface area contributed by atoms with Gasteiger partial charge in [-0.05, 0) is 31.2 Å². The molecule has 1 aromatic rings. The van der Waals surface area contributed by atoms with E-state index in [2.05, 4.69) is 25.9 Å². The lowest BCUT2D eigenvalue weighted by Crippen LogP contribution is -2.11. The molecule has 7 heteroatoms. The number of carboxylic acid groups (broad SMARTS) is 2. The predicted octanol–water partition coefficient (Wildman–Crippen LogP) is 3.78. The van der Waals surface area contributed by atoms with E-state index in [1.165, 1.54) is 52.0 Å². The summed E-state index contributed by atoms with van der Waals surface area (Å²) in [5, 5.41) is 20.6. The Morgan fingerprint density at radius 1 is 1.12 bits per heavy atom. The zero-order valence-electron chi connectivity index (χ0n) is 16.6. The average molecular weight is 370 g/mol. The molecule has 150 valence electrons. The van der Waals surface area contributed by atoms with E-state index < -0.39 is 11.9 Å². The topological polar surface area (TPSA) is 118 Å². The van der Waals surface area contributed by atoms with Gasteiger partial charge in [0.1, 0.15) is 5.56 Å². The number of carboxylic acids is 2. The van der Waals surface area contributed by atoms with Crippen molar-refractivity contribution in [3.8, 4) is 0 Å². The summed E-state index contributed by atoms with van der Waals surface area (Å²) in [5.41, 5.74) is 4.94. The smallest absolute Gasteiger partial charge is 0.355 e. The normalized spacial score (nSPS) is 11.8. The molecule has 0 aliphatic rings. The first-order valence-corrected chi connectivity index (χ1v) is 9.44. The van der Waals surface area contributed by atoms with Crippen LogP contribution >= 0.6 is 0 Å². The van der Waals surface area contributed by atoms with E-state index in [9.17, 15) is 9.59 Å². The summed E-state index contributed by atoms with van der Waals surface area (Å²) in [7, 11) is 1.37. The van der Waals surface area contributed by atoms with Gasteiger partial charge in [-0.15, -0.1) is 0 Å². The molecule has 0 bridgehead atoms. The lowest BCUT2D eigenvalue weighted by atomic mass is 9.86. The van der Waals surface area contributed by atoms with Gasteiger partial charge in [-0.3, -0.25) is 4.68 Å². The maximum atomic E-state index is 10.5. The van der Waals surface area contributed by atoms with Gasteiger partial charge < -0.3 is 15.9 Å². The van der Waals surface area contributed by atoms with Gasteiger partial charge >= 0.3 is 11.9 Å². The number of aryl methyl sites for hydroxylation is 1. The largest absolute Gasteiger partial charge is 0.478 e. The second-order valence-corrected chi connectivity index (χ2v) is 6.93. The molecule has 0 aliphatic heterocycles. The van der Waals surface area contributed by atoms with E-state index in [1.54, 1.807) is 0 Å². The van der Waals surface area contributed by atoms with Gasteiger partial charge in [0.25, 0.3) is 0 Å². The van der Waals surface area contributed by atoms with Crippen molar-refractivity contribution in [1.82, 2.24) is 9.78 Å². The van der Waals surface area contributed by atoms with E-state index >= 15 is 0 Å². The molecule has 0 fully saturated rings. The molecule has 0 spiro atoms. The molecule has 0 amide bonds. The lowest BCUT2D eigenvalue weighted by Gasteiger charge is -2.20. The number of aromatic nitrogens is 2. The number of hydrogen-bond acceptors (Lipinski definition) is 4. The van der Waals surface area contributed by atoms with Crippen molar-refractivity contribution in [2.24, 2.45) is 24.6 Å². The third-order valence-electron chi connectivity index (χ3n) is 4.52. The number of carbonyl (C=O) groups is 2. The van der Waals surface area contributed by atoms with Crippen molar-refractivity contribution >= 4 is 11.9 Å². The van der Waals surface area contributed by atoms with Crippen molar-refractivity contribution in [3.05, 3.63) is 17.5 Å². The average Bonchev–Trinajstić information content (AvgIpc) is 2.96. The Morgan fingerprint density at radius 2 is 1.73 bits per heavy atom. The van der Waals surface area contributed by atoms with Crippen molar-refractivity contribution in [1.29, 1.82) is 0 Å². The quantitative estimate of drug-likeness (QED) is 0.511. The molecular formula is C19H35N3O4. The molecule has 0 aliphatic carbocycles. The molecule has 1 aromatic heterocycles. The summed E-state index contributed by atoms with van der Waals surface area (Å²) in [6, 6.07) is 0. The summed E-state index contributed by atoms with van der Waals surface area (Å²) in [6.07, 6.45) is 10.5. The molecule has 1 atom stereocenters. The summed E-state index contributed by atoms with van der Waals surface area (Å²) in [4.78, 5) is 20.9. The SMILES string of the molecule is CCCCCCC(CCCN)C(C)C.Cn1ncc(C(=O)O)c1C(=O)O. The number of hydrogen-bond donors (Lipinski definition) is 3. The molecule has 7 nitrogen and oxygen atoms in total. The van der Waals surface area contributed by atoms with Crippen LogP contribution in [0.1, 0.15) is 86.6 Å². The molecule has 1 unspecified atom stereocenters.